The predicted octanol–water partition coefficient (Wildman–Crippen LogP) is 3.40. The first kappa shape index (κ1) is 18.5. The van der Waals surface area contributed by atoms with Gasteiger partial charge in [-0.15, -0.1) is 6.58 Å². The van der Waals surface area contributed by atoms with Crippen molar-refractivity contribution in [2.75, 3.05) is 23.9 Å². The molecule has 0 saturated carbocycles. The lowest BCUT2D eigenvalue weighted by Crippen LogP contribution is -2.42. The highest BCUT2D eigenvalue weighted by atomic mass is 32.2. The molecule has 0 aromatic heterocycles. The van der Waals surface area contributed by atoms with Crippen LogP contribution in [0.15, 0.2) is 72.2 Å². The molecule has 1 saturated heterocycles. The lowest BCUT2D eigenvalue weighted by molar-refractivity contribution is -0.125. The van der Waals surface area contributed by atoms with Crippen molar-refractivity contribution in [2.24, 2.45) is 0 Å². The fraction of sp³-hybridized carbons (Fsp3) is 0.227. The summed E-state index contributed by atoms with van der Waals surface area (Å²) in [7, 11) is -4.02. The minimum atomic E-state index is -4.02. The standard InChI is InChI=1S/C22H22N2O3S/c1-2-14-24-19-13-7-6-12-18(19)20(17-10-4-3-5-11-17)21(28(24,26)27)22(25)23-15-8-9-16-23/h2-7,10-13H,1,8-9,14-16H2. The van der Waals surface area contributed by atoms with Crippen molar-refractivity contribution in [3.63, 3.8) is 0 Å². The van der Waals surface area contributed by atoms with E-state index in [1.54, 1.807) is 23.1 Å². The van der Waals surface area contributed by atoms with Gasteiger partial charge in [-0.2, -0.15) is 0 Å². The van der Waals surface area contributed by atoms with E-state index in [0.29, 0.717) is 24.4 Å². The second-order valence-corrected chi connectivity index (χ2v) is 8.71. The van der Waals surface area contributed by atoms with Crippen LogP contribution in [-0.2, 0) is 14.8 Å². The minimum absolute atomic E-state index is 0.109. The number of nitrogens with zero attached hydrogens (tertiary/aromatic N) is 2. The SMILES string of the molecule is C=CCN1c2ccccc2C(c2ccccc2)=C(C(=O)N2CCCC2)S1(=O)=O. The second-order valence-electron chi connectivity index (χ2n) is 6.91. The molecular weight excluding hydrogens is 372 g/mol. The number of amides is 1. The molecule has 2 heterocycles. The Morgan fingerprint density at radius 3 is 2.32 bits per heavy atom. The van der Waals surface area contributed by atoms with E-state index in [0.717, 1.165) is 24.0 Å². The Morgan fingerprint density at radius 1 is 1.00 bits per heavy atom. The molecule has 0 spiro atoms. The van der Waals surface area contributed by atoms with E-state index in [4.69, 9.17) is 0 Å². The number of hydrogen-bond acceptors (Lipinski definition) is 3. The first-order valence-corrected chi connectivity index (χ1v) is 10.8. The van der Waals surface area contributed by atoms with Crippen molar-refractivity contribution in [3.05, 3.63) is 83.3 Å². The molecule has 28 heavy (non-hydrogen) atoms. The van der Waals surface area contributed by atoms with E-state index in [1.165, 1.54) is 4.31 Å². The van der Waals surface area contributed by atoms with Gasteiger partial charge in [0.2, 0.25) is 0 Å². The number of carbonyl (C=O) groups excluding carboxylic acids is 1. The van der Waals surface area contributed by atoms with Crippen LogP contribution in [0.5, 0.6) is 0 Å². The third-order valence-electron chi connectivity index (χ3n) is 5.16. The van der Waals surface area contributed by atoms with Gasteiger partial charge in [0.05, 0.1) is 12.2 Å². The highest BCUT2D eigenvalue weighted by molar-refractivity contribution is 7.97. The van der Waals surface area contributed by atoms with Gasteiger partial charge in [0.15, 0.2) is 4.91 Å². The van der Waals surface area contributed by atoms with Gasteiger partial charge in [-0.05, 0) is 24.5 Å². The Balaban J connectivity index is 2.05. The summed E-state index contributed by atoms with van der Waals surface area (Å²) in [6, 6.07) is 16.6. The van der Waals surface area contributed by atoms with E-state index in [1.807, 2.05) is 42.5 Å². The van der Waals surface area contributed by atoms with Crippen molar-refractivity contribution in [2.45, 2.75) is 12.8 Å². The third kappa shape index (κ3) is 2.94. The van der Waals surface area contributed by atoms with Crippen LogP contribution in [0.4, 0.5) is 5.69 Å². The van der Waals surface area contributed by atoms with Gasteiger partial charge in [-0.25, -0.2) is 8.42 Å². The number of likely N-dealkylation sites (tertiary alicyclic amines) is 1. The molecule has 0 radical (unpaired) electrons. The van der Waals surface area contributed by atoms with Crippen LogP contribution in [-0.4, -0.2) is 38.9 Å². The molecule has 4 rings (SSSR count). The molecule has 0 aliphatic carbocycles. The number of hydrogen-bond donors (Lipinski definition) is 0. The first-order valence-electron chi connectivity index (χ1n) is 9.37. The Kier molecular flexibility index (Phi) is 4.81. The lowest BCUT2D eigenvalue weighted by Gasteiger charge is -2.34. The van der Waals surface area contributed by atoms with Gasteiger partial charge in [0.1, 0.15) is 0 Å². The monoisotopic (exact) mass is 394 g/mol. The Hall–Kier alpha value is -2.86. The number of sulfonamides is 1. The summed E-state index contributed by atoms with van der Waals surface area (Å²) in [5.41, 5.74) is 2.51. The minimum Gasteiger partial charge on any atom is -0.338 e. The highest BCUT2D eigenvalue weighted by Crippen LogP contribution is 2.43. The number of anilines is 1. The maximum atomic E-state index is 13.6. The quantitative estimate of drug-likeness (QED) is 0.747. The number of rotatable bonds is 4. The molecule has 2 aliphatic rings. The Bertz CT molecular complexity index is 1050. The zero-order valence-corrected chi connectivity index (χ0v) is 16.4. The number of fused-ring (bicyclic) bond motifs is 1. The van der Waals surface area contributed by atoms with Crippen molar-refractivity contribution in [1.82, 2.24) is 4.90 Å². The first-order chi connectivity index (χ1) is 13.6. The summed E-state index contributed by atoms with van der Waals surface area (Å²) in [6.45, 7) is 4.98. The summed E-state index contributed by atoms with van der Waals surface area (Å²) in [6.07, 6.45) is 3.33. The topological polar surface area (TPSA) is 57.7 Å². The fourth-order valence-corrected chi connectivity index (χ4v) is 5.66. The summed E-state index contributed by atoms with van der Waals surface area (Å²) < 4.78 is 28.5. The van der Waals surface area contributed by atoms with E-state index >= 15 is 0 Å². The normalized spacial score (nSPS) is 18.1. The highest BCUT2D eigenvalue weighted by Gasteiger charge is 2.42. The van der Waals surface area contributed by atoms with Gasteiger partial charge in [0, 0.05) is 24.2 Å². The lowest BCUT2D eigenvalue weighted by atomic mass is 9.95. The van der Waals surface area contributed by atoms with Crippen LogP contribution >= 0.6 is 0 Å². The van der Waals surface area contributed by atoms with E-state index in [-0.39, 0.29) is 11.4 Å². The van der Waals surface area contributed by atoms with Crippen LogP contribution < -0.4 is 4.31 Å². The molecule has 5 nitrogen and oxygen atoms in total. The molecule has 1 fully saturated rings. The summed E-state index contributed by atoms with van der Waals surface area (Å²) in [5.74, 6) is -0.417. The van der Waals surface area contributed by atoms with Crippen molar-refractivity contribution < 1.29 is 13.2 Å². The molecule has 6 heteroatoms. The molecule has 144 valence electrons. The van der Waals surface area contributed by atoms with Crippen LogP contribution in [0.1, 0.15) is 24.0 Å². The smallest absolute Gasteiger partial charge is 0.270 e. The summed E-state index contributed by atoms with van der Waals surface area (Å²) >= 11 is 0. The Labute approximate surface area is 165 Å². The fourth-order valence-electron chi connectivity index (χ4n) is 3.88. The van der Waals surface area contributed by atoms with Gasteiger partial charge < -0.3 is 4.90 Å². The number of para-hydroxylation sites is 1. The molecular formula is C22H22N2O3S. The largest absolute Gasteiger partial charge is 0.338 e. The molecule has 1 amide bonds. The summed E-state index contributed by atoms with van der Waals surface area (Å²) in [4.78, 5) is 14.9. The average Bonchev–Trinajstić information content (AvgIpc) is 3.25. The number of benzene rings is 2. The molecule has 2 aromatic rings. The van der Waals surface area contributed by atoms with Crippen molar-refractivity contribution in [3.8, 4) is 0 Å². The van der Waals surface area contributed by atoms with Crippen LogP contribution in [0.2, 0.25) is 0 Å². The summed E-state index contributed by atoms with van der Waals surface area (Å²) in [5, 5.41) is 0. The van der Waals surface area contributed by atoms with Gasteiger partial charge in [-0.1, -0.05) is 54.6 Å². The second kappa shape index (κ2) is 7.28. The van der Waals surface area contributed by atoms with Gasteiger partial charge in [0.25, 0.3) is 15.9 Å². The Morgan fingerprint density at radius 2 is 1.64 bits per heavy atom. The maximum Gasteiger partial charge on any atom is 0.270 e. The molecule has 2 aliphatic heterocycles. The zero-order valence-electron chi connectivity index (χ0n) is 15.5. The van der Waals surface area contributed by atoms with Crippen LogP contribution in [0.25, 0.3) is 5.57 Å². The van der Waals surface area contributed by atoms with Crippen molar-refractivity contribution >= 4 is 27.2 Å². The molecule has 0 atom stereocenters. The van der Waals surface area contributed by atoms with E-state index in [9.17, 15) is 13.2 Å². The van der Waals surface area contributed by atoms with Crippen LogP contribution in [0, 0.1) is 0 Å². The van der Waals surface area contributed by atoms with Crippen LogP contribution in [0.3, 0.4) is 0 Å². The molecule has 2 aromatic carbocycles. The van der Waals surface area contributed by atoms with Gasteiger partial charge >= 0.3 is 0 Å². The van der Waals surface area contributed by atoms with Gasteiger partial charge in [-0.3, -0.25) is 9.10 Å². The molecule has 0 unspecified atom stereocenters. The number of carbonyl (C=O) groups is 1. The van der Waals surface area contributed by atoms with E-state index in [2.05, 4.69) is 6.58 Å². The predicted molar refractivity (Wildman–Crippen MR) is 111 cm³/mol. The molecule has 0 bridgehead atoms. The third-order valence-corrected chi connectivity index (χ3v) is 6.98. The van der Waals surface area contributed by atoms with E-state index < -0.39 is 15.9 Å². The zero-order chi connectivity index (χ0) is 19.7. The maximum absolute atomic E-state index is 13.6. The van der Waals surface area contributed by atoms with Crippen molar-refractivity contribution in [1.29, 1.82) is 0 Å². The molecule has 0 N–H and O–H groups in total. The average molecular weight is 394 g/mol.